The predicted octanol–water partition coefficient (Wildman–Crippen LogP) is 2.43. The molecule has 1 N–H and O–H groups in total. The molecule has 1 aromatic rings. The van der Waals surface area contributed by atoms with Gasteiger partial charge in [0.1, 0.15) is 0 Å². The number of amides is 1. The molecule has 118 valence electrons. The minimum atomic E-state index is -0.722. The quantitative estimate of drug-likeness (QED) is 0.840. The molecule has 4 nitrogen and oxygen atoms in total. The summed E-state index contributed by atoms with van der Waals surface area (Å²) in [6.07, 6.45) is -0.722. The number of ether oxygens (including phenoxy) is 1. The molecule has 0 aliphatic rings. The summed E-state index contributed by atoms with van der Waals surface area (Å²) in [5.74, 6) is 0.0187. The number of carbonyl (C=O) groups is 1. The van der Waals surface area contributed by atoms with Gasteiger partial charge in [-0.2, -0.15) is 0 Å². The summed E-state index contributed by atoms with van der Waals surface area (Å²) in [6, 6.07) is 4.79. The topological polar surface area (TPSA) is 41.6 Å². The number of benzene rings is 1. The highest BCUT2D eigenvalue weighted by molar-refractivity contribution is 5.80. The predicted molar refractivity (Wildman–Crippen MR) is 81.7 cm³/mol. The molecule has 1 rings (SSSR count). The van der Waals surface area contributed by atoms with Gasteiger partial charge in [-0.05, 0) is 25.5 Å². The fourth-order valence-corrected chi connectivity index (χ4v) is 1.91. The number of nitrogens with zero attached hydrogens (tertiary/aromatic N) is 1. The summed E-state index contributed by atoms with van der Waals surface area (Å²) in [6.45, 7) is 7.18. The Hall–Kier alpha value is -1.62. The number of para-hydroxylation sites is 1. The highest BCUT2D eigenvalue weighted by Crippen LogP contribution is 2.24. The average Bonchev–Trinajstić information content (AvgIpc) is 2.40. The number of halogens is 1. The van der Waals surface area contributed by atoms with E-state index in [1.165, 1.54) is 11.0 Å². The molecule has 0 fully saturated rings. The monoisotopic (exact) mass is 296 g/mol. The van der Waals surface area contributed by atoms with Crippen molar-refractivity contribution in [2.75, 3.05) is 20.6 Å². The van der Waals surface area contributed by atoms with Gasteiger partial charge in [-0.15, -0.1) is 0 Å². The molecule has 0 aliphatic heterocycles. The minimum absolute atomic E-state index is 0.149. The first-order valence-electron chi connectivity index (χ1n) is 7.18. The molecule has 0 saturated carbocycles. The van der Waals surface area contributed by atoms with Crippen LogP contribution in [-0.2, 0) is 11.3 Å². The normalized spacial score (nSPS) is 12.3. The second-order valence-corrected chi connectivity index (χ2v) is 5.75. The van der Waals surface area contributed by atoms with Crippen LogP contribution in [0.1, 0.15) is 26.3 Å². The van der Waals surface area contributed by atoms with Gasteiger partial charge < -0.3 is 15.0 Å². The summed E-state index contributed by atoms with van der Waals surface area (Å²) in [5.41, 5.74) is 0.717. The van der Waals surface area contributed by atoms with Gasteiger partial charge >= 0.3 is 0 Å². The Kier molecular flexibility index (Phi) is 6.62. The molecule has 1 amide bonds. The zero-order valence-corrected chi connectivity index (χ0v) is 13.4. The van der Waals surface area contributed by atoms with E-state index in [0.29, 0.717) is 18.0 Å². The summed E-state index contributed by atoms with van der Waals surface area (Å²) < 4.78 is 19.5. The van der Waals surface area contributed by atoms with Gasteiger partial charge in [-0.1, -0.05) is 26.0 Å². The Labute approximate surface area is 126 Å². The van der Waals surface area contributed by atoms with E-state index in [1.807, 2.05) is 0 Å². The Balaban J connectivity index is 2.82. The molecular formula is C16H25FN2O2. The summed E-state index contributed by atoms with van der Waals surface area (Å²) >= 11 is 0. The van der Waals surface area contributed by atoms with Crippen LogP contribution in [0.3, 0.4) is 0 Å². The largest absolute Gasteiger partial charge is 0.477 e. The van der Waals surface area contributed by atoms with Crippen LogP contribution in [0.5, 0.6) is 5.75 Å². The molecule has 0 bridgehead atoms. The fourth-order valence-electron chi connectivity index (χ4n) is 1.91. The molecule has 1 aromatic carbocycles. The van der Waals surface area contributed by atoms with E-state index in [1.54, 1.807) is 33.2 Å². The second kappa shape index (κ2) is 7.98. The van der Waals surface area contributed by atoms with Crippen molar-refractivity contribution in [3.63, 3.8) is 0 Å². The van der Waals surface area contributed by atoms with Crippen molar-refractivity contribution in [2.45, 2.75) is 33.4 Å². The molecule has 0 aromatic heterocycles. The van der Waals surface area contributed by atoms with Crippen molar-refractivity contribution >= 4 is 5.91 Å². The van der Waals surface area contributed by atoms with Crippen molar-refractivity contribution in [2.24, 2.45) is 5.92 Å². The number of hydrogen-bond acceptors (Lipinski definition) is 3. The van der Waals surface area contributed by atoms with Crippen LogP contribution < -0.4 is 10.1 Å². The maximum atomic E-state index is 14.0. The Morgan fingerprint density at radius 2 is 2.00 bits per heavy atom. The van der Waals surface area contributed by atoms with E-state index >= 15 is 0 Å². The van der Waals surface area contributed by atoms with Crippen LogP contribution in [0.4, 0.5) is 4.39 Å². The summed E-state index contributed by atoms with van der Waals surface area (Å²) in [4.78, 5) is 13.3. The lowest BCUT2D eigenvalue weighted by Gasteiger charge is -2.20. The number of nitrogens with one attached hydrogen (secondary N) is 1. The van der Waals surface area contributed by atoms with E-state index in [-0.39, 0.29) is 11.7 Å². The van der Waals surface area contributed by atoms with Gasteiger partial charge in [0.2, 0.25) is 0 Å². The third-order valence-electron chi connectivity index (χ3n) is 3.00. The van der Waals surface area contributed by atoms with E-state index in [9.17, 15) is 9.18 Å². The molecule has 0 saturated heterocycles. The smallest absolute Gasteiger partial charge is 0.262 e. The third-order valence-corrected chi connectivity index (χ3v) is 3.00. The number of likely N-dealkylation sites (N-methyl/N-ethyl adjacent to an activating group) is 1. The van der Waals surface area contributed by atoms with Gasteiger partial charge in [0.25, 0.3) is 5.91 Å². The Bertz CT molecular complexity index is 475. The lowest BCUT2D eigenvalue weighted by atomic mass is 10.1. The van der Waals surface area contributed by atoms with Crippen molar-refractivity contribution < 1.29 is 13.9 Å². The molecular weight excluding hydrogens is 271 g/mol. The number of carbonyl (C=O) groups excluding carboxylic acids is 1. The lowest BCUT2D eigenvalue weighted by Crippen LogP contribution is -2.35. The molecule has 0 radical (unpaired) electrons. The minimum Gasteiger partial charge on any atom is -0.477 e. The molecule has 1 atom stereocenters. The number of rotatable bonds is 7. The van der Waals surface area contributed by atoms with E-state index < -0.39 is 11.9 Å². The maximum Gasteiger partial charge on any atom is 0.262 e. The highest BCUT2D eigenvalue weighted by Gasteiger charge is 2.20. The van der Waals surface area contributed by atoms with Crippen molar-refractivity contribution in [1.82, 2.24) is 10.2 Å². The molecule has 0 heterocycles. The van der Waals surface area contributed by atoms with E-state index in [0.717, 1.165) is 6.54 Å². The summed E-state index contributed by atoms with van der Waals surface area (Å²) in [7, 11) is 3.29. The first-order valence-corrected chi connectivity index (χ1v) is 7.18. The average molecular weight is 296 g/mol. The zero-order chi connectivity index (χ0) is 16.0. The zero-order valence-electron chi connectivity index (χ0n) is 13.4. The van der Waals surface area contributed by atoms with E-state index in [2.05, 4.69) is 19.2 Å². The Morgan fingerprint density at radius 1 is 1.33 bits per heavy atom. The first kappa shape index (κ1) is 17.4. The van der Waals surface area contributed by atoms with Crippen molar-refractivity contribution in [3.8, 4) is 5.75 Å². The molecule has 21 heavy (non-hydrogen) atoms. The van der Waals surface area contributed by atoms with Crippen molar-refractivity contribution in [1.29, 1.82) is 0 Å². The van der Waals surface area contributed by atoms with Crippen LogP contribution >= 0.6 is 0 Å². The summed E-state index contributed by atoms with van der Waals surface area (Å²) in [5, 5.41) is 3.25. The fraction of sp³-hybridized carbons (Fsp3) is 0.562. The van der Waals surface area contributed by atoms with Crippen LogP contribution in [0, 0.1) is 11.7 Å². The van der Waals surface area contributed by atoms with Gasteiger partial charge in [0, 0.05) is 26.2 Å². The molecule has 5 heteroatoms. The highest BCUT2D eigenvalue weighted by atomic mass is 19.1. The molecule has 1 unspecified atom stereocenters. The van der Waals surface area contributed by atoms with Crippen LogP contribution in [-0.4, -0.2) is 37.6 Å². The van der Waals surface area contributed by atoms with Crippen LogP contribution in [0.2, 0.25) is 0 Å². The third kappa shape index (κ3) is 5.34. The van der Waals surface area contributed by atoms with Gasteiger partial charge in [0.05, 0.1) is 0 Å². The lowest BCUT2D eigenvalue weighted by molar-refractivity contribution is -0.135. The van der Waals surface area contributed by atoms with Gasteiger partial charge in [0.15, 0.2) is 17.7 Å². The van der Waals surface area contributed by atoms with E-state index in [4.69, 9.17) is 4.74 Å². The maximum absolute atomic E-state index is 14.0. The van der Waals surface area contributed by atoms with Gasteiger partial charge in [-0.3, -0.25) is 4.79 Å². The number of hydrogen-bond donors (Lipinski definition) is 1. The van der Waals surface area contributed by atoms with Crippen molar-refractivity contribution in [3.05, 3.63) is 29.6 Å². The van der Waals surface area contributed by atoms with Crippen LogP contribution in [0.15, 0.2) is 18.2 Å². The van der Waals surface area contributed by atoms with Gasteiger partial charge in [-0.25, -0.2) is 4.39 Å². The van der Waals surface area contributed by atoms with Crippen LogP contribution in [0.25, 0.3) is 0 Å². The second-order valence-electron chi connectivity index (χ2n) is 5.75. The standard InChI is InChI=1S/C16H25FN2O2/c1-11(2)9-18-10-13-7-6-8-14(17)15(13)21-12(3)16(20)19(4)5/h6-8,11-12,18H,9-10H2,1-5H3. The molecule has 0 aliphatic carbocycles. The molecule has 0 spiro atoms. The first-order chi connectivity index (χ1) is 9.82. The SMILES string of the molecule is CC(C)CNCc1cccc(F)c1OC(C)C(=O)N(C)C. The Morgan fingerprint density at radius 3 is 2.57 bits per heavy atom.